The van der Waals surface area contributed by atoms with Crippen LogP contribution in [0.5, 0.6) is 0 Å². The van der Waals surface area contributed by atoms with Crippen molar-refractivity contribution in [2.24, 2.45) is 11.8 Å². The normalized spacial score (nSPS) is 28.8. The fraction of sp³-hybridized carbons (Fsp3) is 0.385. The molecule has 0 aromatic heterocycles. The monoisotopic (exact) mass is 429 g/mol. The third-order valence-electron chi connectivity index (χ3n) is 7.65. The van der Waals surface area contributed by atoms with Crippen molar-refractivity contribution in [1.29, 1.82) is 0 Å². The van der Waals surface area contributed by atoms with Crippen molar-refractivity contribution in [3.8, 4) is 0 Å². The first-order valence-electron chi connectivity index (χ1n) is 11.2. The maximum absolute atomic E-state index is 13.7. The van der Waals surface area contributed by atoms with Crippen molar-refractivity contribution in [1.82, 2.24) is 4.90 Å². The summed E-state index contributed by atoms with van der Waals surface area (Å²) in [5.41, 5.74) is 0.304. The van der Waals surface area contributed by atoms with Gasteiger partial charge in [-0.05, 0) is 25.3 Å². The van der Waals surface area contributed by atoms with Crippen molar-refractivity contribution in [3.05, 3.63) is 70.8 Å². The molecule has 6 rings (SSSR count). The summed E-state index contributed by atoms with van der Waals surface area (Å²) in [4.78, 5) is 56.1. The molecule has 6 heteroatoms. The Hall–Kier alpha value is -3.12. The molecule has 32 heavy (non-hydrogen) atoms. The lowest BCUT2D eigenvalue weighted by Crippen LogP contribution is -2.51. The van der Waals surface area contributed by atoms with E-state index in [0.717, 1.165) is 31.2 Å². The summed E-state index contributed by atoms with van der Waals surface area (Å²) in [5.74, 6) is -3.77. The van der Waals surface area contributed by atoms with Gasteiger partial charge in [0, 0.05) is 17.2 Å². The Bertz CT molecular complexity index is 1140. The molecule has 2 heterocycles. The van der Waals surface area contributed by atoms with Gasteiger partial charge in [0.2, 0.25) is 29.0 Å². The fourth-order valence-corrected chi connectivity index (χ4v) is 6.12. The van der Waals surface area contributed by atoms with Gasteiger partial charge in [0.15, 0.2) is 0 Å². The Morgan fingerprint density at radius 1 is 0.844 bits per heavy atom. The van der Waals surface area contributed by atoms with E-state index in [0.29, 0.717) is 5.56 Å². The van der Waals surface area contributed by atoms with Crippen LogP contribution >= 0.6 is 0 Å². The van der Waals surface area contributed by atoms with Crippen molar-refractivity contribution < 1.29 is 23.9 Å². The molecule has 2 aromatic rings. The third kappa shape index (κ3) is 2.33. The fourth-order valence-electron chi connectivity index (χ4n) is 6.12. The Balaban J connectivity index is 1.52. The van der Waals surface area contributed by atoms with E-state index in [2.05, 4.69) is 0 Å². The molecular formula is C26H23NO5. The molecule has 1 spiro atoms. The van der Waals surface area contributed by atoms with Gasteiger partial charge in [0.25, 0.3) is 0 Å². The van der Waals surface area contributed by atoms with Gasteiger partial charge in [-0.3, -0.25) is 24.1 Å². The molecule has 3 atom stereocenters. The van der Waals surface area contributed by atoms with E-state index in [4.69, 9.17) is 4.74 Å². The zero-order chi connectivity index (χ0) is 22.2. The van der Waals surface area contributed by atoms with Gasteiger partial charge < -0.3 is 4.74 Å². The van der Waals surface area contributed by atoms with E-state index in [-0.39, 0.29) is 23.1 Å². The number of amides is 2. The highest BCUT2D eigenvalue weighted by Gasteiger charge is 2.75. The molecule has 162 valence electrons. The lowest BCUT2D eigenvalue weighted by molar-refractivity contribution is -0.147. The van der Waals surface area contributed by atoms with Crippen molar-refractivity contribution in [2.45, 2.75) is 50.4 Å². The van der Waals surface area contributed by atoms with E-state index >= 15 is 0 Å². The minimum Gasteiger partial charge on any atom is -0.349 e. The van der Waals surface area contributed by atoms with Crippen molar-refractivity contribution in [3.63, 3.8) is 0 Å². The number of ketones is 2. The van der Waals surface area contributed by atoms with Crippen LogP contribution in [0.25, 0.3) is 0 Å². The van der Waals surface area contributed by atoms with Crippen LogP contribution < -0.4 is 0 Å². The van der Waals surface area contributed by atoms with E-state index in [1.165, 1.54) is 4.90 Å². The first kappa shape index (κ1) is 19.6. The van der Waals surface area contributed by atoms with Crippen LogP contribution in [0.3, 0.4) is 0 Å². The lowest BCUT2D eigenvalue weighted by Gasteiger charge is -2.29. The van der Waals surface area contributed by atoms with E-state index in [1.54, 1.807) is 24.3 Å². The van der Waals surface area contributed by atoms with Crippen LogP contribution in [0.4, 0.5) is 0 Å². The molecular weight excluding hydrogens is 406 g/mol. The van der Waals surface area contributed by atoms with Gasteiger partial charge >= 0.3 is 0 Å². The number of rotatable bonds is 2. The molecule has 2 amide bonds. The third-order valence-corrected chi connectivity index (χ3v) is 7.65. The zero-order valence-corrected chi connectivity index (χ0v) is 17.7. The molecule has 2 aromatic carbocycles. The molecule has 4 aliphatic rings. The van der Waals surface area contributed by atoms with Crippen LogP contribution in [0.1, 0.15) is 63.6 Å². The maximum atomic E-state index is 13.7. The first-order valence-corrected chi connectivity index (χ1v) is 11.2. The van der Waals surface area contributed by atoms with Crippen LogP contribution in [-0.4, -0.2) is 39.9 Å². The number of likely N-dealkylation sites (tertiary alicyclic amines) is 1. The summed E-state index contributed by atoms with van der Waals surface area (Å²) in [6, 6.07) is 13.9. The zero-order valence-electron chi connectivity index (χ0n) is 17.7. The average Bonchev–Trinajstić information content (AvgIpc) is 3.54. The summed E-state index contributed by atoms with van der Waals surface area (Å²) in [6.45, 7) is 1.95. The molecule has 1 saturated carbocycles. The summed E-state index contributed by atoms with van der Waals surface area (Å²) >= 11 is 0. The molecule has 3 fully saturated rings. The van der Waals surface area contributed by atoms with Gasteiger partial charge in [-0.1, -0.05) is 66.9 Å². The second kappa shape index (κ2) is 6.69. The van der Waals surface area contributed by atoms with Gasteiger partial charge in [0.1, 0.15) is 0 Å². The Morgan fingerprint density at radius 3 is 2.03 bits per heavy atom. The van der Waals surface area contributed by atoms with Crippen LogP contribution in [0.15, 0.2) is 48.5 Å². The number of hydrogen-bond donors (Lipinski definition) is 0. The SMILES string of the molecule is Cc1ccc([C@@H]2OC3(C(=O)c4ccccc4C3=O)[C@H]3C(=O)N(C4CCCC4)C(=O)[C@H]23)cc1. The quantitative estimate of drug-likeness (QED) is 0.540. The van der Waals surface area contributed by atoms with Crippen molar-refractivity contribution >= 4 is 23.4 Å². The number of imide groups is 1. The molecule has 2 saturated heterocycles. The van der Waals surface area contributed by atoms with Crippen LogP contribution in [0.2, 0.25) is 0 Å². The second-order valence-electron chi connectivity index (χ2n) is 9.38. The van der Waals surface area contributed by atoms with Crippen LogP contribution in [0, 0.1) is 18.8 Å². The largest absolute Gasteiger partial charge is 0.349 e. The molecule has 6 nitrogen and oxygen atoms in total. The van der Waals surface area contributed by atoms with E-state index in [9.17, 15) is 19.2 Å². The molecule has 2 aliphatic carbocycles. The highest BCUT2D eigenvalue weighted by Crippen LogP contribution is 2.57. The average molecular weight is 429 g/mol. The maximum Gasteiger partial charge on any atom is 0.237 e. The highest BCUT2D eigenvalue weighted by molar-refractivity contribution is 6.35. The number of fused-ring (bicyclic) bond motifs is 3. The number of nitrogens with zero attached hydrogens (tertiary/aromatic N) is 1. The second-order valence-corrected chi connectivity index (χ2v) is 9.38. The van der Waals surface area contributed by atoms with E-state index in [1.807, 2.05) is 31.2 Å². The summed E-state index contributed by atoms with van der Waals surface area (Å²) in [7, 11) is 0. The van der Waals surface area contributed by atoms with Gasteiger partial charge in [-0.15, -0.1) is 0 Å². The van der Waals surface area contributed by atoms with Crippen molar-refractivity contribution in [2.75, 3.05) is 0 Å². The molecule has 0 radical (unpaired) electrons. The Morgan fingerprint density at radius 2 is 1.44 bits per heavy atom. The topological polar surface area (TPSA) is 80.8 Å². The van der Waals surface area contributed by atoms with E-state index < -0.39 is 41.0 Å². The molecule has 0 unspecified atom stereocenters. The number of Topliss-reactive ketones (excluding diaryl/α,β-unsaturated/α-hetero) is 2. The number of benzene rings is 2. The summed E-state index contributed by atoms with van der Waals surface area (Å²) < 4.78 is 6.29. The summed E-state index contributed by atoms with van der Waals surface area (Å²) in [6.07, 6.45) is 2.63. The predicted octanol–water partition coefficient (Wildman–Crippen LogP) is 3.43. The minimum atomic E-state index is -1.97. The molecule has 0 N–H and O–H groups in total. The molecule has 2 aliphatic heterocycles. The van der Waals surface area contributed by atoms with Crippen LogP contribution in [-0.2, 0) is 14.3 Å². The number of hydrogen-bond acceptors (Lipinski definition) is 5. The number of aryl methyl sites for hydroxylation is 1. The number of carbonyl (C=O) groups is 4. The first-order chi connectivity index (χ1) is 15.4. The minimum absolute atomic E-state index is 0.162. The lowest BCUT2D eigenvalue weighted by atomic mass is 9.77. The number of ether oxygens (including phenoxy) is 1. The Labute approximate surface area is 185 Å². The van der Waals surface area contributed by atoms with Gasteiger partial charge in [-0.2, -0.15) is 0 Å². The standard InChI is InChI=1S/C26H23NO5/c1-14-10-12-15(13-11-14)21-19-20(25(31)27(24(19)30)16-6-2-3-7-16)26(32-21)22(28)17-8-4-5-9-18(17)23(26)29/h4-5,8-13,16,19-21H,2-3,6-7H2,1H3/t19-,20+,21-/m0/s1. The molecule has 0 bridgehead atoms. The highest BCUT2D eigenvalue weighted by atomic mass is 16.5. The summed E-state index contributed by atoms with van der Waals surface area (Å²) in [5, 5.41) is 0. The number of carbonyl (C=O) groups excluding carboxylic acids is 4. The van der Waals surface area contributed by atoms with Gasteiger partial charge in [0.05, 0.1) is 17.9 Å². The smallest absolute Gasteiger partial charge is 0.237 e. The predicted molar refractivity (Wildman–Crippen MR) is 114 cm³/mol. The van der Waals surface area contributed by atoms with Gasteiger partial charge in [-0.25, -0.2) is 0 Å². The Kier molecular flexibility index (Phi) is 4.09.